The van der Waals surface area contributed by atoms with Gasteiger partial charge in [-0.3, -0.25) is 9.59 Å². The number of thiocarbonyl (C=S) groups is 1. The predicted molar refractivity (Wildman–Crippen MR) is 107 cm³/mol. The molecule has 2 N–H and O–H groups in total. The number of aliphatic carboxylic acids is 1. The lowest BCUT2D eigenvalue weighted by molar-refractivity contribution is -0.149. The van der Waals surface area contributed by atoms with Crippen LogP contribution in [0.2, 0.25) is 0 Å². The van der Waals surface area contributed by atoms with E-state index in [-0.39, 0.29) is 17.6 Å². The molecule has 1 amide bonds. The molecule has 6 nitrogen and oxygen atoms in total. The van der Waals surface area contributed by atoms with Crippen molar-refractivity contribution in [3.63, 3.8) is 0 Å². The van der Waals surface area contributed by atoms with Crippen LogP contribution >= 0.6 is 12.2 Å². The Morgan fingerprint density at radius 3 is 2.64 bits per heavy atom. The molecule has 0 aromatic heterocycles. The zero-order valence-corrected chi connectivity index (χ0v) is 16.4. The van der Waals surface area contributed by atoms with Crippen molar-refractivity contribution in [2.75, 3.05) is 13.1 Å². The number of Topliss-reactive ketones (excluding diaryl/α,β-unsaturated/α-hetero) is 1. The van der Waals surface area contributed by atoms with E-state index in [1.807, 2.05) is 12.1 Å². The van der Waals surface area contributed by atoms with Crippen LogP contribution in [-0.4, -0.2) is 57.7 Å². The Bertz CT molecular complexity index is 839. The molecule has 4 rings (SSSR count). The van der Waals surface area contributed by atoms with Gasteiger partial charge in [-0.15, -0.1) is 0 Å². The number of rotatable bonds is 4. The number of amides is 1. The second-order valence-electron chi connectivity index (χ2n) is 7.94. The molecule has 1 aromatic carbocycles. The Morgan fingerprint density at radius 1 is 1.14 bits per heavy atom. The molecule has 0 bridgehead atoms. The van der Waals surface area contributed by atoms with Crippen molar-refractivity contribution in [1.29, 1.82) is 0 Å². The Labute approximate surface area is 169 Å². The second-order valence-corrected chi connectivity index (χ2v) is 8.47. The van der Waals surface area contributed by atoms with Gasteiger partial charge in [-0.05, 0) is 43.2 Å². The van der Waals surface area contributed by atoms with Gasteiger partial charge in [-0.25, -0.2) is 4.79 Å². The molecule has 1 aliphatic carbocycles. The quantitative estimate of drug-likeness (QED) is 0.743. The average molecular weight is 401 g/mol. The van der Waals surface area contributed by atoms with Gasteiger partial charge in [0.05, 0.1) is 5.92 Å². The molecule has 2 heterocycles. The van der Waals surface area contributed by atoms with E-state index in [0.29, 0.717) is 37.2 Å². The third kappa shape index (κ3) is 3.37. The van der Waals surface area contributed by atoms with E-state index in [9.17, 15) is 19.5 Å². The smallest absolute Gasteiger partial charge is 0.326 e. The molecule has 2 fully saturated rings. The van der Waals surface area contributed by atoms with E-state index < -0.39 is 24.0 Å². The highest BCUT2D eigenvalue weighted by molar-refractivity contribution is 7.80. The fraction of sp³-hybridized carbons (Fsp3) is 0.524. The van der Waals surface area contributed by atoms with E-state index in [1.165, 1.54) is 16.0 Å². The number of likely N-dealkylation sites (tertiary alicyclic amines) is 1. The zero-order valence-electron chi connectivity index (χ0n) is 15.6. The highest BCUT2D eigenvalue weighted by atomic mass is 32.1. The molecular formula is C21H24N2O4S. The third-order valence-electron chi connectivity index (χ3n) is 6.32. The number of nitrogens with zero attached hydrogens (tertiary/aromatic N) is 1. The van der Waals surface area contributed by atoms with E-state index in [2.05, 4.69) is 17.4 Å². The number of carbonyl (C=O) groups is 3. The molecule has 0 spiro atoms. The van der Waals surface area contributed by atoms with E-state index in [1.54, 1.807) is 0 Å². The molecule has 4 atom stereocenters. The zero-order chi connectivity index (χ0) is 19.8. The number of aryl methyl sites for hydroxylation is 1. The number of carboxylic acids is 1. The van der Waals surface area contributed by atoms with Crippen molar-refractivity contribution >= 4 is 34.7 Å². The number of fused-ring (bicyclic) bond motifs is 1. The summed E-state index contributed by atoms with van der Waals surface area (Å²) in [4.78, 5) is 39.9. The van der Waals surface area contributed by atoms with Crippen LogP contribution in [-0.2, 0) is 27.2 Å². The summed E-state index contributed by atoms with van der Waals surface area (Å²) >= 11 is 5.45. The number of benzene rings is 1. The number of carbonyl (C=O) groups excluding carboxylic acids is 2. The van der Waals surface area contributed by atoms with E-state index in [0.717, 1.165) is 12.8 Å². The van der Waals surface area contributed by atoms with Crippen LogP contribution in [0.15, 0.2) is 24.3 Å². The summed E-state index contributed by atoms with van der Waals surface area (Å²) in [6.07, 6.45) is 3.41. The lowest BCUT2D eigenvalue weighted by atomic mass is 9.76. The Kier molecular flexibility index (Phi) is 5.29. The monoisotopic (exact) mass is 400 g/mol. The molecule has 148 valence electrons. The molecular weight excluding hydrogens is 376 g/mol. The molecule has 2 saturated heterocycles. The minimum Gasteiger partial charge on any atom is -0.480 e. The summed E-state index contributed by atoms with van der Waals surface area (Å²) in [5.41, 5.74) is 2.48. The van der Waals surface area contributed by atoms with Gasteiger partial charge in [-0.2, -0.15) is 0 Å². The van der Waals surface area contributed by atoms with Crippen molar-refractivity contribution < 1.29 is 19.5 Å². The van der Waals surface area contributed by atoms with Crippen LogP contribution in [0.1, 0.15) is 30.4 Å². The number of carboxylic acid groups (broad SMARTS) is 1. The van der Waals surface area contributed by atoms with Crippen LogP contribution < -0.4 is 5.32 Å². The van der Waals surface area contributed by atoms with Gasteiger partial charge in [0.2, 0.25) is 5.91 Å². The predicted octanol–water partition coefficient (Wildman–Crippen LogP) is 1.39. The number of hydrogen-bond donors (Lipinski definition) is 2. The topological polar surface area (TPSA) is 86.7 Å². The minimum absolute atomic E-state index is 0.0222. The Morgan fingerprint density at radius 2 is 1.89 bits per heavy atom. The molecule has 7 heteroatoms. The first-order valence-electron chi connectivity index (χ1n) is 9.87. The van der Waals surface area contributed by atoms with Crippen LogP contribution in [0, 0.1) is 11.8 Å². The fourth-order valence-electron chi connectivity index (χ4n) is 4.84. The van der Waals surface area contributed by atoms with Gasteiger partial charge in [0.15, 0.2) is 0 Å². The summed E-state index contributed by atoms with van der Waals surface area (Å²) in [7, 11) is 0. The van der Waals surface area contributed by atoms with Crippen molar-refractivity contribution in [2.24, 2.45) is 11.8 Å². The van der Waals surface area contributed by atoms with E-state index >= 15 is 0 Å². The molecule has 2 aliphatic heterocycles. The standard InChI is InChI=1S/C21H24N2O4S/c24-19(14-8-7-12-4-1-2-5-13(12)10-14)17-16(28)11-22-18(17)20(25)23-9-3-6-15(23)21(26)27/h1-2,4-5,14-15,17-18,22H,3,6-11H2,(H,26,27)/t14?,15-,17?,18-/m0/s1. The van der Waals surface area contributed by atoms with E-state index in [4.69, 9.17) is 12.2 Å². The van der Waals surface area contributed by atoms with Crippen LogP contribution in [0.3, 0.4) is 0 Å². The minimum atomic E-state index is -0.988. The van der Waals surface area contributed by atoms with Crippen molar-refractivity contribution in [1.82, 2.24) is 10.2 Å². The molecule has 0 saturated carbocycles. The summed E-state index contributed by atoms with van der Waals surface area (Å²) in [5, 5.41) is 12.5. The molecule has 2 unspecified atom stereocenters. The second kappa shape index (κ2) is 7.72. The maximum atomic E-state index is 13.4. The Hall–Kier alpha value is -2.12. The van der Waals surface area contributed by atoms with Gasteiger partial charge >= 0.3 is 5.97 Å². The van der Waals surface area contributed by atoms with Crippen molar-refractivity contribution in [2.45, 2.75) is 44.2 Å². The average Bonchev–Trinajstić information content (AvgIpc) is 3.33. The summed E-state index contributed by atoms with van der Waals surface area (Å²) in [6, 6.07) is 6.62. The highest BCUT2D eigenvalue weighted by Gasteiger charge is 2.47. The van der Waals surface area contributed by atoms with Gasteiger partial charge in [0.25, 0.3) is 0 Å². The van der Waals surface area contributed by atoms with Crippen LogP contribution in [0.25, 0.3) is 0 Å². The first-order valence-corrected chi connectivity index (χ1v) is 10.3. The van der Waals surface area contributed by atoms with Gasteiger partial charge in [0.1, 0.15) is 17.9 Å². The first-order chi connectivity index (χ1) is 13.5. The maximum Gasteiger partial charge on any atom is 0.326 e. The largest absolute Gasteiger partial charge is 0.480 e. The number of ketones is 1. The van der Waals surface area contributed by atoms with Crippen molar-refractivity contribution in [3.05, 3.63) is 35.4 Å². The summed E-state index contributed by atoms with van der Waals surface area (Å²) in [6.45, 7) is 0.759. The van der Waals surface area contributed by atoms with Gasteiger partial charge < -0.3 is 15.3 Å². The van der Waals surface area contributed by atoms with Gasteiger partial charge in [-0.1, -0.05) is 36.5 Å². The highest BCUT2D eigenvalue weighted by Crippen LogP contribution is 2.31. The lowest BCUT2D eigenvalue weighted by Crippen LogP contribution is -2.52. The summed E-state index contributed by atoms with van der Waals surface area (Å²) < 4.78 is 0. The molecule has 28 heavy (non-hydrogen) atoms. The maximum absolute atomic E-state index is 13.4. The first kappa shape index (κ1) is 19.2. The van der Waals surface area contributed by atoms with Gasteiger partial charge in [0, 0.05) is 23.9 Å². The SMILES string of the molecule is O=C(C1CCc2ccccc2C1)C1C(=S)CN[C@@H]1C(=O)N1CCC[C@H]1C(=O)O. The van der Waals surface area contributed by atoms with Crippen LogP contribution in [0.4, 0.5) is 0 Å². The number of hydrogen-bond acceptors (Lipinski definition) is 5. The molecule has 3 aliphatic rings. The molecule has 0 radical (unpaired) electrons. The number of nitrogens with one attached hydrogen (secondary N) is 1. The third-order valence-corrected chi connectivity index (χ3v) is 6.72. The Balaban J connectivity index is 1.52. The fourth-order valence-corrected chi connectivity index (χ4v) is 5.17. The normalized spacial score (nSPS) is 29.6. The summed E-state index contributed by atoms with van der Waals surface area (Å²) in [5.74, 6) is -2.07. The lowest BCUT2D eigenvalue weighted by Gasteiger charge is -2.30. The molecule has 1 aromatic rings. The van der Waals surface area contributed by atoms with Crippen LogP contribution in [0.5, 0.6) is 0 Å². The van der Waals surface area contributed by atoms with Crippen molar-refractivity contribution in [3.8, 4) is 0 Å².